The summed E-state index contributed by atoms with van der Waals surface area (Å²) in [5.74, 6) is 1.51. The van der Waals surface area contributed by atoms with Crippen molar-refractivity contribution in [2.75, 3.05) is 31.4 Å². The Bertz CT molecular complexity index is 1110. The molecule has 0 saturated heterocycles. The molecule has 1 amide bonds. The van der Waals surface area contributed by atoms with Gasteiger partial charge in [0.2, 0.25) is 0 Å². The summed E-state index contributed by atoms with van der Waals surface area (Å²) in [5, 5.41) is 3.01. The molecule has 6 heteroatoms. The molecule has 0 fully saturated rings. The molecule has 3 aromatic carbocycles. The van der Waals surface area contributed by atoms with E-state index in [0.29, 0.717) is 24.5 Å². The van der Waals surface area contributed by atoms with Crippen LogP contribution in [0.15, 0.2) is 65.6 Å². The van der Waals surface area contributed by atoms with Crippen molar-refractivity contribution >= 4 is 29.0 Å². The first-order chi connectivity index (χ1) is 16.1. The van der Waals surface area contributed by atoms with E-state index in [9.17, 15) is 4.79 Å². The van der Waals surface area contributed by atoms with Gasteiger partial charge in [-0.3, -0.25) is 4.79 Å². The molecule has 0 aromatic heterocycles. The average Bonchev–Trinajstić information content (AvgIpc) is 3.35. The van der Waals surface area contributed by atoms with Gasteiger partial charge in [0.1, 0.15) is 11.5 Å². The summed E-state index contributed by atoms with van der Waals surface area (Å²) in [6.07, 6.45) is 3.92. The number of benzene rings is 3. The van der Waals surface area contributed by atoms with Crippen LogP contribution in [0.4, 0.5) is 11.4 Å². The van der Waals surface area contributed by atoms with Crippen LogP contribution in [0.25, 0.3) is 0 Å². The normalized spacial score (nSPS) is 12.1. The SMILES string of the molecule is CCCN(c1ccc(C(=O)NCc2ccc(SC)cc2)cc1OC)c1cccc2c1CCO2. The number of methoxy groups -OCH3 is 1. The molecule has 5 nitrogen and oxygen atoms in total. The van der Waals surface area contributed by atoms with E-state index in [4.69, 9.17) is 9.47 Å². The predicted octanol–water partition coefficient (Wildman–Crippen LogP) is 5.83. The Labute approximate surface area is 200 Å². The van der Waals surface area contributed by atoms with Crippen molar-refractivity contribution in [1.29, 1.82) is 0 Å². The van der Waals surface area contributed by atoms with Crippen molar-refractivity contribution in [3.8, 4) is 11.5 Å². The zero-order chi connectivity index (χ0) is 23.2. The predicted molar refractivity (Wildman–Crippen MR) is 135 cm³/mol. The molecule has 1 aliphatic rings. The third-order valence-electron chi connectivity index (χ3n) is 5.80. The van der Waals surface area contributed by atoms with Crippen molar-refractivity contribution in [2.45, 2.75) is 31.2 Å². The van der Waals surface area contributed by atoms with Gasteiger partial charge in [-0.15, -0.1) is 11.8 Å². The minimum atomic E-state index is -0.121. The molecular formula is C27H30N2O3S. The third-order valence-corrected chi connectivity index (χ3v) is 6.54. The van der Waals surface area contributed by atoms with E-state index in [0.717, 1.165) is 42.1 Å². The molecule has 0 radical (unpaired) electrons. The van der Waals surface area contributed by atoms with Gasteiger partial charge in [0.05, 0.1) is 19.4 Å². The zero-order valence-corrected chi connectivity index (χ0v) is 20.2. The molecule has 1 heterocycles. The second kappa shape index (κ2) is 10.7. The highest BCUT2D eigenvalue weighted by molar-refractivity contribution is 7.98. The number of fused-ring (bicyclic) bond motifs is 1. The molecule has 0 atom stereocenters. The minimum Gasteiger partial charge on any atom is -0.495 e. The molecule has 1 N–H and O–H groups in total. The fourth-order valence-corrected chi connectivity index (χ4v) is 4.53. The van der Waals surface area contributed by atoms with Crippen LogP contribution in [0.2, 0.25) is 0 Å². The van der Waals surface area contributed by atoms with Crippen LogP contribution in [-0.2, 0) is 13.0 Å². The topological polar surface area (TPSA) is 50.8 Å². The van der Waals surface area contributed by atoms with E-state index in [1.807, 2.05) is 48.7 Å². The molecule has 0 bridgehead atoms. The molecule has 0 saturated carbocycles. The zero-order valence-electron chi connectivity index (χ0n) is 19.4. The van der Waals surface area contributed by atoms with Gasteiger partial charge in [-0.05, 0) is 60.7 Å². The highest BCUT2D eigenvalue weighted by Gasteiger charge is 2.23. The third kappa shape index (κ3) is 5.11. The van der Waals surface area contributed by atoms with Gasteiger partial charge < -0.3 is 19.7 Å². The molecule has 4 rings (SSSR count). The maximum absolute atomic E-state index is 12.8. The van der Waals surface area contributed by atoms with Gasteiger partial charge >= 0.3 is 0 Å². The molecule has 0 aliphatic carbocycles. The Morgan fingerprint density at radius 1 is 1.12 bits per heavy atom. The van der Waals surface area contributed by atoms with Crippen LogP contribution < -0.4 is 19.7 Å². The molecular weight excluding hydrogens is 432 g/mol. The van der Waals surface area contributed by atoms with Gasteiger partial charge in [0.25, 0.3) is 5.91 Å². The Kier molecular flexibility index (Phi) is 7.45. The smallest absolute Gasteiger partial charge is 0.251 e. The van der Waals surface area contributed by atoms with Crippen molar-refractivity contribution < 1.29 is 14.3 Å². The first kappa shape index (κ1) is 23.1. The quantitative estimate of drug-likeness (QED) is 0.406. The summed E-state index contributed by atoms with van der Waals surface area (Å²) in [6, 6.07) is 20.1. The van der Waals surface area contributed by atoms with Gasteiger partial charge in [-0.25, -0.2) is 0 Å². The Hall–Kier alpha value is -3.12. The summed E-state index contributed by atoms with van der Waals surface area (Å²) < 4.78 is 11.5. The fraction of sp³-hybridized carbons (Fsp3) is 0.296. The molecule has 1 aliphatic heterocycles. The largest absolute Gasteiger partial charge is 0.495 e. The van der Waals surface area contributed by atoms with E-state index in [1.165, 1.54) is 10.5 Å². The Morgan fingerprint density at radius 2 is 1.94 bits per heavy atom. The summed E-state index contributed by atoms with van der Waals surface area (Å²) in [7, 11) is 1.65. The van der Waals surface area contributed by atoms with E-state index < -0.39 is 0 Å². The number of carbonyl (C=O) groups is 1. The molecule has 0 unspecified atom stereocenters. The average molecular weight is 463 g/mol. The summed E-state index contributed by atoms with van der Waals surface area (Å²) in [4.78, 5) is 16.3. The van der Waals surface area contributed by atoms with Crippen molar-refractivity contribution in [2.24, 2.45) is 0 Å². The second-order valence-electron chi connectivity index (χ2n) is 7.92. The van der Waals surface area contributed by atoms with E-state index in [1.54, 1.807) is 18.9 Å². The van der Waals surface area contributed by atoms with Crippen molar-refractivity contribution in [3.05, 3.63) is 77.4 Å². The van der Waals surface area contributed by atoms with Crippen molar-refractivity contribution in [1.82, 2.24) is 5.32 Å². The number of thioether (sulfide) groups is 1. The summed E-state index contributed by atoms with van der Waals surface area (Å²) in [6.45, 7) is 4.19. The van der Waals surface area contributed by atoms with Crippen LogP contribution in [-0.4, -0.2) is 32.4 Å². The molecule has 33 heavy (non-hydrogen) atoms. The Balaban J connectivity index is 1.56. The Morgan fingerprint density at radius 3 is 2.67 bits per heavy atom. The number of rotatable bonds is 9. The number of amides is 1. The first-order valence-electron chi connectivity index (χ1n) is 11.3. The monoisotopic (exact) mass is 462 g/mol. The lowest BCUT2D eigenvalue weighted by molar-refractivity contribution is 0.0950. The van der Waals surface area contributed by atoms with Gasteiger partial charge in [-0.1, -0.05) is 25.1 Å². The number of hydrogen-bond donors (Lipinski definition) is 1. The lowest BCUT2D eigenvalue weighted by atomic mass is 10.1. The second-order valence-corrected chi connectivity index (χ2v) is 8.80. The summed E-state index contributed by atoms with van der Waals surface area (Å²) in [5.41, 5.74) is 4.95. The molecule has 0 spiro atoms. The van der Waals surface area contributed by atoms with Gasteiger partial charge in [0.15, 0.2) is 0 Å². The van der Waals surface area contributed by atoms with E-state index in [-0.39, 0.29) is 5.91 Å². The first-order valence-corrected chi connectivity index (χ1v) is 12.5. The van der Waals surface area contributed by atoms with Crippen LogP contribution in [0.3, 0.4) is 0 Å². The maximum atomic E-state index is 12.8. The number of nitrogens with one attached hydrogen (secondary N) is 1. The van der Waals surface area contributed by atoms with Crippen molar-refractivity contribution in [3.63, 3.8) is 0 Å². The number of anilines is 2. The highest BCUT2D eigenvalue weighted by atomic mass is 32.2. The highest BCUT2D eigenvalue weighted by Crippen LogP contribution is 2.40. The number of hydrogen-bond acceptors (Lipinski definition) is 5. The molecule has 3 aromatic rings. The van der Waals surface area contributed by atoms with E-state index >= 15 is 0 Å². The lowest BCUT2D eigenvalue weighted by Gasteiger charge is -2.28. The fourth-order valence-electron chi connectivity index (χ4n) is 4.12. The van der Waals surface area contributed by atoms with Crippen LogP contribution in [0.1, 0.15) is 34.8 Å². The van der Waals surface area contributed by atoms with Crippen LogP contribution >= 0.6 is 11.8 Å². The van der Waals surface area contributed by atoms with Gasteiger partial charge in [0, 0.05) is 41.2 Å². The summed E-state index contributed by atoms with van der Waals surface area (Å²) >= 11 is 1.70. The number of carbonyl (C=O) groups excluding carboxylic acids is 1. The lowest BCUT2D eigenvalue weighted by Crippen LogP contribution is -2.23. The van der Waals surface area contributed by atoms with E-state index in [2.05, 4.69) is 35.3 Å². The number of ether oxygens (including phenoxy) is 2. The number of nitrogens with zero attached hydrogens (tertiary/aromatic N) is 1. The van der Waals surface area contributed by atoms with Crippen LogP contribution in [0, 0.1) is 0 Å². The minimum absolute atomic E-state index is 0.121. The van der Waals surface area contributed by atoms with Crippen LogP contribution in [0.5, 0.6) is 11.5 Å². The maximum Gasteiger partial charge on any atom is 0.251 e. The van der Waals surface area contributed by atoms with Gasteiger partial charge in [-0.2, -0.15) is 0 Å². The standard InChI is InChI=1S/C27H30N2O3S/c1-4-15-29(23-6-5-7-25-22(23)14-16-32-25)24-13-10-20(17-26(24)31-2)27(30)28-18-19-8-11-21(33-3)12-9-19/h5-13,17H,4,14-16,18H2,1-3H3,(H,28,30). The molecule has 172 valence electrons.